The van der Waals surface area contributed by atoms with E-state index in [0.717, 1.165) is 17.8 Å². The lowest BCUT2D eigenvalue weighted by atomic mass is 10.2. The van der Waals surface area contributed by atoms with Gasteiger partial charge in [0.25, 0.3) is 5.91 Å². The normalized spacial score (nSPS) is 19.1. The van der Waals surface area contributed by atoms with Crippen LogP contribution in [-0.4, -0.2) is 66.3 Å². The van der Waals surface area contributed by atoms with Crippen molar-refractivity contribution >= 4 is 46.7 Å². The van der Waals surface area contributed by atoms with E-state index in [2.05, 4.69) is 20.3 Å². The predicted octanol–water partition coefficient (Wildman–Crippen LogP) is 1.77. The molecule has 2 aliphatic rings. The summed E-state index contributed by atoms with van der Waals surface area (Å²) in [6.45, 7) is 1.76. The summed E-state index contributed by atoms with van der Waals surface area (Å²) in [4.78, 5) is 40.2. The minimum Gasteiger partial charge on any atom is -0.467 e. The second-order valence-electron chi connectivity index (χ2n) is 6.87. The van der Waals surface area contributed by atoms with Crippen LogP contribution in [0.3, 0.4) is 0 Å². The summed E-state index contributed by atoms with van der Waals surface area (Å²) in [6.07, 6.45) is 1.49. The van der Waals surface area contributed by atoms with Crippen LogP contribution in [0.2, 0.25) is 5.28 Å². The number of nitrogens with one attached hydrogen (secondary N) is 1. The first-order valence-corrected chi connectivity index (χ1v) is 9.94. The lowest BCUT2D eigenvalue weighted by Crippen LogP contribution is -2.41. The molecule has 1 aromatic carbocycles. The van der Waals surface area contributed by atoms with Gasteiger partial charge >= 0.3 is 5.97 Å². The van der Waals surface area contributed by atoms with Crippen molar-refractivity contribution in [2.75, 3.05) is 48.5 Å². The summed E-state index contributed by atoms with van der Waals surface area (Å²) in [6, 6.07) is 6.88. The number of hydrogen-bond acceptors (Lipinski definition) is 9. The van der Waals surface area contributed by atoms with E-state index in [1.54, 1.807) is 9.80 Å². The topological polar surface area (TPSA) is 110 Å². The first-order valence-electron chi connectivity index (χ1n) is 9.56. The number of rotatable bonds is 5. The van der Waals surface area contributed by atoms with E-state index in [1.165, 1.54) is 7.11 Å². The number of ether oxygens (including phenoxy) is 2. The lowest BCUT2D eigenvalue weighted by molar-refractivity contribution is -0.142. The van der Waals surface area contributed by atoms with Crippen LogP contribution in [0.4, 0.5) is 23.3 Å². The van der Waals surface area contributed by atoms with E-state index in [9.17, 15) is 9.59 Å². The van der Waals surface area contributed by atoms with Gasteiger partial charge in [0.05, 0.1) is 13.7 Å². The van der Waals surface area contributed by atoms with Gasteiger partial charge in [-0.1, -0.05) is 0 Å². The van der Waals surface area contributed by atoms with Crippen molar-refractivity contribution in [3.05, 3.63) is 29.5 Å². The number of aromatic nitrogens is 3. The quantitative estimate of drug-likeness (QED) is 0.706. The molecule has 30 heavy (non-hydrogen) atoms. The Balaban J connectivity index is 1.51. The lowest BCUT2D eigenvalue weighted by Gasteiger charge is -2.27. The molecule has 11 heteroatoms. The molecule has 158 valence electrons. The van der Waals surface area contributed by atoms with E-state index >= 15 is 0 Å². The van der Waals surface area contributed by atoms with Gasteiger partial charge in [0.2, 0.25) is 17.2 Å². The summed E-state index contributed by atoms with van der Waals surface area (Å²) in [5.41, 5.74) is 1.51. The van der Waals surface area contributed by atoms with Gasteiger partial charge in [-0.3, -0.25) is 4.79 Å². The molecule has 2 saturated heterocycles. The van der Waals surface area contributed by atoms with Crippen molar-refractivity contribution in [2.24, 2.45) is 0 Å². The third kappa shape index (κ3) is 4.29. The number of carbonyl (C=O) groups excluding carboxylic acids is 2. The van der Waals surface area contributed by atoms with Crippen molar-refractivity contribution in [1.82, 2.24) is 15.0 Å². The highest BCUT2D eigenvalue weighted by molar-refractivity contribution is 6.28. The van der Waals surface area contributed by atoms with E-state index < -0.39 is 6.04 Å². The maximum atomic E-state index is 12.0. The summed E-state index contributed by atoms with van der Waals surface area (Å²) < 4.78 is 10.0. The molecule has 2 fully saturated rings. The van der Waals surface area contributed by atoms with Crippen molar-refractivity contribution in [1.29, 1.82) is 0 Å². The molecule has 2 aromatic rings. The van der Waals surface area contributed by atoms with Crippen molar-refractivity contribution in [3.63, 3.8) is 0 Å². The summed E-state index contributed by atoms with van der Waals surface area (Å²) in [5, 5.41) is 3.11. The van der Waals surface area contributed by atoms with Gasteiger partial charge in [0, 0.05) is 24.5 Å². The van der Waals surface area contributed by atoms with Gasteiger partial charge in [0.1, 0.15) is 12.6 Å². The fourth-order valence-electron chi connectivity index (χ4n) is 3.56. The molecular weight excluding hydrogens is 412 g/mol. The zero-order valence-corrected chi connectivity index (χ0v) is 17.1. The Hall–Kier alpha value is -2.98. The zero-order chi connectivity index (χ0) is 21.1. The molecule has 3 heterocycles. The molecule has 1 aromatic heterocycles. The van der Waals surface area contributed by atoms with Crippen molar-refractivity contribution in [3.8, 4) is 0 Å². The Bertz CT molecular complexity index is 941. The number of carbonyl (C=O) groups is 2. The van der Waals surface area contributed by atoms with Crippen LogP contribution in [0, 0.1) is 0 Å². The third-order valence-electron chi connectivity index (χ3n) is 5.00. The molecule has 10 nitrogen and oxygen atoms in total. The van der Waals surface area contributed by atoms with Crippen molar-refractivity contribution in [2.45, 2.75) is 18.9 Å². The summed E-state index contributed by atoms with van der Waals surface area (Å²) in [7, 11) is 1.36. The van der Waals surface area contributed by atoms with Crippen LogP contribution in [0.25, 0.3) is 0 Å². The standard InChI is InChI=1S/C19H21ClN6O4/c1-29-16(28)14-3-2-8-26(14)19-23-17(20)22-18(24-19)21-12-4-6-13(7-5-12)25-9-10-30-11-15(25)27/h4-7,14H,2-3,8-11H2,1H3,(H,21,22,23,24)/t14-/m0/s1. The molecule has 2 aliphatic heterocycles. The largest absolute Gasteiger partial charge is 0.467 e. The fraction of sp³-hybridized carbons (Fsp3) is 0.421. The smallest absolute Gasteiger partial charge is 0.328 e. The number of hydrogen-bond donors (Lipinski definition) is 1. The second-order valence-corrected chi connectivity index (χ2v) is 7.21. The molecule has 0 radical (unpaired) electrons. The highest BCUT2D eigenvalue weighted by Gasteiger charge is 2.33. The Morgan fingerprint density at radius 1 is 1.23 bits per heavy atom. The molecule has 1 atom stereocenters. The first-order chi connectivity index (χ1) is 14.5. The molecule has 0 bridgehead atoms. The molecule has 0 unspecified atom stereocenters. The SMILES string of the molecule is COC(=O)[C@@H]1CCCN1c1nc(Cl)nc(Nc2ccc(N3CCOCC3=O)cc2)n1. The van der Waals surface area contributed by atoms with Gasteiger partial charge in [-0.25, -0.2) is 4.79 Å². The third-order valence-corrected chi connectivity index (χ3v) is 5.17. The molecule has 4 rings (SSSR count). The summed E-state index contributed by atoms with van der Waals surface area (Å²) >= 11 is 6.10. The average molecular weight is 433 g/mol. The van der Waals surface area contributed by atoms with Crippen molar-refractivity contribution < 1.29 is 19.1 Å². The molecule has 0 aliphatic carbocycles. The Labute approximate surface area is 178 Å². The summed E-state index contributed by atoms with van der Waals surface area (Å²) in [5.74, 6) is 0.185. The molecule has 1 amide bonds. The van der Waals surface area contributed by atoms with Crippen LogP contribution in [0.5, 0.6) is 0 Å². The van der Waals surface area contributed by atoms with Crippen LogP contribution >= 0.6 is 11.6 Å². The van der Waals surface area contributed by atoms with E-state index in [0.29, 0.717) is 32.1 Å². The van der Waals surface area contributed by atoms with E-state index in [1.807, 2.05) is 24.3 Å². The Kier molecular flexibility index (Phi) is 5.96. The van der Waals surface area contributed by atoms with Gasteiger partial charge in [-0.05, 0) is 48.7 Å². The van der Waals surface area contributed by atoms with E-state index in [-0.39, 0.29) is 29.7 Å². The van der Waals surface area contributed by atoms with Gasteiger partial charge < -0.3 is 24.6 Å². The van der Waals surface area contributed by atoms with Crippen LogP contribution in [-0.2, 0) is 19.1 Å². The number of methoxy groups -OCH3 is 1. The fourth-order valence-corrected chi connectivity index (χ4v) is 3.71. The highest BCUT2D eigenvalue weighted by Crippen LogP contribution is 2.26. The second kappa shape index (κ2) is 8.80. The van der Waals surface area contributed by atoms with Gasteiger partial charge in [-0.2, -0.15) is 15.0 Å². The van der Waals surface area contributed by atoms with Crippen LogP contribution in [0.1, 0.15) is 12.8 Å². The predicted molar refractivity (Wildman–Crippen MR) is 110 cm³/mol. The number of nitrogens with zero attached hydrogens (tertiary/aromatic N) is 5. The number of benzene rings is 1. The average Bonchev–Trinajstić information content (AvgIpc) is 3.24. The van der Waals surface area contributed by atoms with Gasteiger partial charge in [0.15, 0.2) is 0 Å². The Morgan fingerprint density at radius 2 is 2.03 bits per heavy atom. The number of esters is 1. The molecule has 0 saturated carbocycles. The zero-order valence-electron chi connectivity index (χ0n) is 16.4. The van der Waals surface area contributed by atoms with Crippen LogP contribution in [0.15, 0.2) is 24.3 Å². The Morgan fingerprint density at radius 3 is 2.77 bits per heavy atom. The minimum atomic E-state index is -0.438. The maximum absolute atomic E-state index is 12.0. The number of anilines is 4. The highest BCUT2D eigenvalue weighted by atomic mass is 35.5. The van der Waals surface area contributed by atoms with E-state index in [4.69, 9.17) is 21.1 Å². The van der Waals surface area contributed by atoms with Gasteiger partial charge in [-0.15, -0.1) is 0 Å². The molecule has 0 spiro atoms. The number of halogens is 1. The minimum absolute atomic E-state index is 0.0218. The first kappa shape index (κ1) is 20.3. The maximum Gasteiger partial charge on any atom is 0.328 e. The number of morpholine rings is 1. The van der Waals surface area contributed by atoms with Crippen LogP contribution < -0.4 is 15.1 Å². The number of amides is 1. The molecule has 1 N–H and O–H groups in total. The molecular formula is C19H21ClN6O4. The monoisotopic (exact) mass is 432 g/mol.